The molecule has 21 heavy (non-hydrogen) atoms. The maximum absolute atomic E-state index is 2.47. The Hall–Kier alpha value is -0.0169. The molecule has 2 atom stereocenters. The summed E-state index contributed by atoms with van der Waals surface area (Å²) >= 11 is -0.524. The van der Waals surface area contributed by atoms with E-state index in [0.29, 0.717) is 0 Å². The van der Waals surface area contributed by atoms with Gasteiger partial charge >= 0.3 is 127 Å². The van der Waals surface area contributed by atoms with Gasteiger partial charge in [0.05, 0.1) is 0 Å². The normalized spacial score (nSPS) is 10.7. The van der Waals surface area contributed by atoms with Gasteiger partial charge in [-0.25, -0.2) is 0 Å². The molecule has 4 rings (SSSR count). The van der Waals surface area contributed by atoms with Gasteiger partial charge in [0.1, 0.15) is 0 Å². The van der Waals surface area contributed by atoms with Crippen LogP contribution in [0.3, 0.4) is 0 Å². The van der Waals surface area contributed by atoms with Crippen LogP contribution in [0, 0.1) is 0 Å². The van der Waals surface area contributed by atoms with E-state index in [1.807, 2.05) is 0 Å². The van der Waals surface area contributed by atoms with Crippen LogP contribution in [0.4, 0.5) is 0 Å². The summed E-state index contributed by atoms with van der Waals surface area (Å²) in [6.45, 7) is 0. The predicted octanol–water partition coefficient (Wildman–Crippen LogP) is -1.90. The molecule has 0 spiro atoms. The third kappa shape index (κ3) is 3.67. The summed E-state index contributed by atoms with van der Waals surface area (Å²) in [6, 6.07) is 22.7. The van der Waals surface area contributed by atoms with Crippen molar-refractivity contribution in [3.05, 3.63) is 60.7 Å². The van der Waals surface area contributed by atoms with E-state index in [9.17, 15) is 0 Å². The topological polar surface area (TPSA) is 0 Å². The SMILES string of the molecule is [Cl-].[Cl-].c1ccc2[pH][c]([Zr+2][c]3cc4ccccc4[pH]3)cc2c1. The minimum absolute atomic E-state index is 0. The zero-order valence-corrected chi connectivity index (χ0v) is 17.0. The molecule has 2 aromatic heterocycles. The number of benzene rings is 2. The summed E-state index contributed by atoms with van der Waals surface area (Å²) in [7, 11) is 1.89. The first-order chi connectivity index (χ1) is 9.38. The van der Waals surface area contributed by atoms with Gasteiger partial charge in [-0.3, -0.25) is 0 Å². The molecule has 2 heterocycles. The Balaban J connectivity index is 0.000000807. The molecule has 0 fully saturated rings. The summed E-state index contributed by atoms with van der Waals surface area (Å²) in [5, 5.41) is 6.04. The molecule has 0 aliphatic heterocycles. The van der Waals surface area contributed by atoms with Gasteiger partial charge in [0, 0.05) is 0 Å². The second-order valence-electron chi connectivity index (χ2n) is 4.67. The van der Waals surface area contributed by atoms with E-state index >= 15 is 0 Å². The van der Waals surface area contributed by atoms with E-state index in [1.165, 1.54) is 10.8 Å². The van der Waals surface area contributed by atoms with Crippen molar-refractivity contribution in [2.24, 2.45) is 0 Å². The van der Waals surface area contributed by atoms with Crippen molar-refractivity contribution < 1.29 is 48.0 Å². The van der Waals surface area contributed by atoms with E-state index < -0.39 is 23.2 Å². The molecule has 0 radical (unpaired) electrons. The van der Waals surface area contributed by atoms with E-state index in [4.69, 9.17) is 0 Å². The van der Waals surface area contributed by atoms with Gasteiger partial charge in [-0.1, -0.05) is 0 Å². The number of halogens is 2. The summed E-state index contributed by atoms with van der Waals surface area (Å²) in [4.78, 5) is 0. The third-order valence-electron chi connectivity index (χ3n) is 3.33. The molecule has 2 unspecified atom stereocenters. The van der Waals surface area contributed by atoms with Crippen LogP contribution in [0.1, 0.15) is 0 Å². The van der Waals surface area contributed by atoms with Crippen molar-refractivity contribution >= 4 is 43.4 Å². The summed E-state index contributed by atoms with van der Waals surface area (Å²) in [6.07, 6.45) is 0. The van der Waals surface area contributed by atoms with Crippen LogP contribution in [-0.4, -0.2) is 0 Å². The minimum atomic E-state index is -0.524. The van der Waals surface area contributed by atoms with Gasteiger partial charge in [-0.05, 0) is 0 Å². The second-order valence-corrected chi connectivity index (χ2v) is 13.0. The fraction of sp³-hybridized carbons (Fsp3) is 0. The monoisotopic (exact) mass is 426 g/mol. The molecule has 0 nitrogen and oxygen atoms in total. The zero-order valence-electron chi connectivity index (χ0n) is 11.0. The van der Waals surface area contributed by atoms with Gasteiger partial charge in [-0.2, -0.15) is 0 Å². The van der Waals surface area contributed by atoms with E-state index in [2.05, 4.69) is 60.7 Å². The molecule has 0 amide bonds. The van der Waals surface area contributed by atoms with Gasteiger partial charge in [0.25, 0.3) is 0 Å². The average Bonchev–Trinajstić information content (AvgIpc) is 3.00. The van der Waals surface area contributed by atoms with Gasteiger partial charge in [0.2, 0.25) is 0 Å². The molecule has 0 aliphatic carbocycles. The Morgan fingerprint density at radius 3 is 1.48 bits per heavy atom. The van der Waals surface area contributed by atoms with Gasteiger partial charge in [0.15, 0.2) is 0 Å². The number of fused-ring (bicyclic) bond motifs is 2. The number of hydrogen-bond donors (Lipinski definition) is 0. The van der Waals surface area contributed by atoms with Gasteiger partial charge in [-0.15, -0.1) is 0 Å². The molecule has 4 aromatic rings. The fourth-order valence-corrected chi connectivity index (χ4v) is 11.6. The predicted molar refractivity (Wildman–Crippen MR) is 86.2 cm³/mol. The molecule has 0 aliphatic rings. The molecule has 0 saturated heterocycles. The Bertz CT molecular complexity index is 729. The van der Waals surface area contributed by atoms with Crippen molar-refractivity contribution in [3.8, 4) is 0 Å². The van der Waals surface area contributed by atoms with Gasteiger partial charge < -0.3 is 24.8 Å². The first-order valence-corrected chi connectivity index (χ1v) is 10.8. The van der Waals surface area contributed by atoms with Crippen molar-refractivity contribution in [1.29, 1.82) is 0 Å². The van der Waals surface area contributed by atoms with Crippen molar-refractivity contribution in [2.45, 2.75) is 0 Å². The summed E-state index contributed by atoms with van der Waals surface area (Å²) in [5.74, 6) is 0. The molecular formula is C16H12Cl2P2Zr. The van der Waals surface area contributed by atoms with Crippen LogP contribution in [-0.2, 0) is 23.2 Å². The summed E-state index contributed by atoms with van der Waals surface area (Å²) < 4.78 is 3.52. The zero-order chi connectivity index (χ0) is 12.7. The maximum atomic E-state index is 2.47. The molecule has 5 heteroatoms. The quantitative estimate of drug-likeness (QED) is 0.350. The molecule has 0 saturated carbocycles. The number of hydrogen-bond acceptors (Lipinski definition) is 0. The van der Waals surface area contributed by atoms with Crippen molar-refractivity contribution in [3.63, 3.8) is 0 Å². The second kappa shape index (κ2) is 7.50. The Labute approximate surface area is 151 Å². The molecular weight excluding hydrogens is 416 g/mol. The van der Waals surface area contributed by atoms with E-state index in [1.54, 1.807) is 16.2 Å². The first kappa shape index (κ1) is 17.3. The average molecular weight is 428 g/mol. The van der Waals surface area contributed by atoms with Crippen molar-refractivity contribution in [2.75, 3.05) is 0 Å². The van der Waals surface area contributed by atoms with Crippen LogP contribution in [0.15, 0.2) is 60.7 Å². The van der Waals surface area contributed by atoms with Crippen LogP contribution in [0.25, 0.3) is 21.0 Å². The van der Waals surface area contributed by atoms with Crippen LogP contribution < -0.4 is 30.8 Å². The van der Waals surface area contributed by atoms with Crippen LogP contribution in [0.2, 0.25) is 0 Å². The van der Waals surface area contributed by atoms with E-state index in [-0.39, 0.29) is 24.8 Å². The number of rotatable bonds is 2. The van der Waals surface area contributed by atoms with Crippen molar-refractivity contribution in [1.82, 2.24) is 0 Å². The standard InChI is InChI=1S/2C8H6P.2ClH.Zr/c2*1-2-4-8-7(3-1)5-6-9-8;;;/h2*1-5,9H;2*1H;/q;;;;+2/p-2. The Morgan fingerprint density at radius 1 is 0.619 bits per heavy atom. The first-order valence-electron chi connectivity index (χ1n) is 6.31. The third-order valence-corrected chi connectivity index (χ3v) is 11.0. The van der Waals surface area contributed by atoms with Crippen LogP contribution in [0.5, 0.6) is 0 Å². The molecule has 0 bridgehead atoms. The molecule has 2 aromatic carbocycles. The Morgan fingerprint density at radius 2 is 1.05 bits per heavy atom. The fourth-order valence-electron chi connectivity index (χ4n) is 2.43. The van der Waals surface area contributed by atoms with E-state index in [0.717, 1.165) is 16.4 Å². The van der Waals surface area contributed by atoms with Crippen LogP contribution >= 0.6 is 16.4 Å². The molecule has 104 valence electrons. The molecule has 0 N–H and O–H groups in total. The Kier molecular flexibility index (Phi) is 6.19. The summed E-state index contributed by atoms with van der Waals surface area (Å²) in [5.41, 5.74) is 0.